The summed E-state index contributed by atoms with van der Waals surface area (Å²) in [4.78, 5) is 18.1. The molecular formula is C31H36BrClN3O3+. The quantitative estimate of drug-likeness (QED) is 0.121. The van der Waals surface area contributed by atoms with Gasteiger partial charge < -0.3 is 13.9 Å². The van der Waals surface area contributed by atoms with E-state index in [1.165, 1.54) is 0 Å². The predicted octanol–water partition coefficient (Wildman–Crippen LogP) is 7.85. The van der Waals surface area contributed by atoms with Crippen LogP contribution in [0.3, 0.4) is 0 Å². The molecule has 0 aliphatic rings. The van der Waals surface area contributed by atoms with Gasteiger partial charge in [-0.05, 0) is 62.6 Å². The van der Waals surface area contributed by atoms with E-state index in [-0.39, 0.29) is 10.6 Å². The van der Waals surface area contributed by atoms with Crippen LogP contribution in [0.15, 0.2) is 65.3 Å². The van der Waals surface area contributed by atoms with Gasteiger partial charge in [-0.25, -0.2) is 14.3 Å². The molecule has 4 aromatic rings. The summed E-state index contributed by atoms with van der Waals surface area (Å²) in [5.41, 5.74) is 4.45. The number of nitrogens with zero attached hydrogens (tertiary/aromatic N) is 3. The molecule has 2 aromatic carbocycles. The van der Waals surface area contributed by atoms with Crippen LogP contribution in [-0.4, -0.2) is 35.6 Å². The van der Waals surface area contributed by atoms with E-state index in [9.17, 15) is 4.79 Å². The second-order valence-electron chi connectivity index (χ2n) is 10.6. The fraction of sp³-hybridized carbons (Fsp3) is 0.355. The minimum absolute atomic E-state index is 0.0220. The molecule has 1 amide bonds. The molecule has 2 aromatic heterocycles. The van der Waals surface area contributed by atoms with Gasteiger partial charge in [0.15, 0.2) is 5.69 Å². The Morgan fingerprint density at radius 2 is 1.90 bits per heavy atom. The number of benzene rings is 2. The highest BCUT2D eigenvalue weighted by molar-refractivity contribution is 9.10. The van der Waals surface area contributed by atoms with Crippen molar-refractivity contribution in [1.29, 1.82) is 0 Å². The fourth-order valence-corrected chi connectivity index (χ4v) is 5.60. The highest BCUT2D eigenvalue weighted by Crippen LogP contribution is 2.37. The van der Waals surface area contributed by atoms with Crippen LogP contribution in [0, 0.1) is 5.92 Å². The van der Waals surface area contributed by atoms with Crippen molar-refractivity contribution in [1.82, 2.24) is 13.9 Å². The zero-order valence-electron chi connectivity index (χ0n) is 23.2. The topological polar surface area (TPSA) is 52.8 Å². The molecule has 0 bridgehead atoms. The molecule has 0 fully saturated rings. The summed E-state index contributed by atoms with van der Waals surface area (Å²) in [7, 11) is 1.68. The maximum atomic E-state index is 13.1. The van der Waals surface area contributed by atoms with E-state index in [1.807, 2.05) is 62.5 Å². The minimum atomic E-state index is 0.0220. The van der Waals surface area contributed by atoms with Crippen molar-refractivity contribution < 1.29 is 14.3 Å². The van der Waals surface area contributed by atoms with E-state index in [0.29, 0.717) is 36.2 Å². The molecule has 2 heterocycles. The van der Waals surface area contributed by atoms with E-state index < -0.39 is 0 Å². The first-order chi connectivity index (χ1) is 18.7. The van der Waals surface area contributed by atoms with Gasteiger partial charge in [-0.15, -0.1) is 0 Å². The monoisotopic (exact) mass is 612 g/mol. The Morgan fingerprint density at radius 1 is 1.10 bits per heavy atom. The van der Waals surface area contributed by atoms with Crippen LogP contribution in [0.5, 0.6) is 11.5 Å². The van der Waals surface area contributed by atoms with Crippen LogP contribution in [0.25, 0.3) is 5.65 Å². The zero-order valence-corrected chi connectivity index (χ0v) is 25.5. The first-order valence-corrected chi connectivity index (χ1v) is 14.4. The Labute approximate surface area is 244 Å². The van der Waals surface area contributed by atoms with Crippen LogP contribution >= 0.6 is 27.5 Å². The first kappa shape index (κ1) is 29.1. The third-order valence-electron chi connectivity index (χ3n) is 6.82. The van der Waals surface area contributed by atoms with Crippen molar-refractivity contribution in [2.24, 2.45) is 5.92 Å². The molecule has 6 nitrogen and oxygen atoms in total. The average Bonchev–Trinajstić information content (AvgIpc) is 3.23. The normalized spacial score (nSPS) is 13.2. The smallest absolute Gasteiger partial charge is 0.306 e. The molecular weight excluding hydrogens is 578 g/mol. The second kappa shape index (κ2) is 12.5. The molecule has 206 valence electrons. The summed E-state index contributed by atoms with van der Waals surface area (Å²) < 4.78 is 14.6. The maximum Gasteiger partial charge on any atom is 0.306 e. The van der Waals surface area contributed by atoms with Gasteiger partial charge in [-0.1, -0.05) is 47.4 Å². The lowest BCUT2D eigenvalue weighted by molar-refractivity contribution is -0.118. The molecule has 0 saturated heterocycles. The van der Waals surface area contributed by atoms with Crippen LogP contribution < -0.4 is 14.0 Å². The molecule has 4 rings (SSSR count). The Kier molecular flexibility index (Phi) is 9.36. The summed E-state index contributed by atoms with van der Waals surface area (Å²) in [6.45, 7) is 9.24. The number of hydrogen-bond donors (Lipinski definition) is 0. The van der Waals surface area contributed by atoms with Gasteiger partial charge in [0.25, 0.3) is 0 Å². The number of aromatic nitrogens is 2. The summed E-state index contributed by atoms with van der Waals surface area (Å²) in [6, 6.07) is 17.6. The highest BCUT2D eigenvalue weighted by atomic mass is 79.9. The largest absolute Gasteiger partial charge is 0.496 e. The SMILES string of the molecule is COc1ccc(Br)cc1Cc1c(C[N+](C=O)(CCC(C)C)c2ccc(OC(C)C)cc2Cl)nc2ccccn12. The molecule has 1 atom stereocenters. The van der Waals surface area contributed by atoms with Gasteiger partial charge in [0, 0.05) is 34.8 Å². The van der Waals surface area contributed by atoms with Gasteiger partial charge in [0.1, 0.15) is 34.4 Å². The van der Waals surface area contributed by atoms with Crippen molar-refractivity contribution >= 4 is 45.3 Å². The van der Waals surface area contributed by atoms with Crippen molar-refractivity contribution in [3.8, 4) is 11.5 Å². The predicted molar refractivity (Wildman–Crippen MR) is 162 cm³/mol. The van der Waals surface area contributed by atoms with Crippen molar-refractivity contribution in [2.75, 3.05) is 13.7 Å². The Balaban J connectivity index is 1.84. The summed E-state index contributed by atoms with van der Waals surface area (Å²) >= 11 is 10.5. The molecule has 0 radical (unpaired) electrons. The number of imidazole rings is 1. The number of halogens is 2. The Hall–Kier alpha value is -2.87. The maximum absolute atomic E-state index is 13.1. The number of methoxy groups -OCH3 is 1. The van der Waals surface area contributed by atoms with Crippen molar-refractivity contribution in [3.05, 3.63) is 87.2 Å². The van der Waals surface area contributed by atoms with Gasteiger partial charge in [-0.2, -0.15) is 0 Å². The second-order valence-corrected chi connectivity index (χ2v) is 11.9. The van der Waals surface area contributed by atoms with E-state index >= 15 is 0 Å². The number of pyridine rings is 1. The third-order valence-corrected chi connectivity index (χ3v) is 7.62. The number of ether oxygens (including phenoxy) is 2. The number of carbonyl (C=O) groups is 1. The van der Waals surface area contributed by atoms with E-state index in [1.54, 1.807) is 13.2 Å². The third kappa shape index (κ3) is 6.65. The van der Waals surface area contributed by atoms with E-state index in [4.69, 9.17) is 26.1 Å². The number of carbonyl (C=O) groups excluding carboxylic acids is 1. The lowest BCUT2D eigenvalue weighted by atomic mass is 10.0. The van der Waals surface area contributed by atoms with Gasteiger partial charge in [0.2, 0.25) is 0 Å². The van der Waals surface area contributed by atoms with Crippen LogP contribution in [0.4, 0.5) is 5.69 Å². The lowest BCUT2D eigenvalue weighted by Gasteiger charge is -2.33. The van der Waals surface area contributed by atoms with Gasteiger partial charge >= 0.3 is 6.41 Å². The minimum Gasteiger partial charge on any atom is -0.496 e. The first-order valence-electron chi connectivity index (χ1n) is 13.2. The molecule has 0 aliphatic heterocycles. The molecule has 39 heavy (non-hydrogen) atoms. The van der Waals surface area contributed by atoms with Gasteiger partial charge in [0.05, 0.1) is 25.5 Å². The number of amides is 1. The molecule has 8 heteroatoms. The number of quaternary nitrogens is 1. The van der Waals surface area contributed by atoms with Crippen LogP contribution in [0.2, 0.25) is 5.02 Å². The number of hydrogen-bond acceptors (Lipinski definition) is 4. The molecule has 0 spiro atoms. The zero-order chi connectivity index (χ0) is 28.2. The average molecular weight is 614 g/mol. The number of rotatable bonds is 12. The van der Waals surface area contributed by atoms with Crippen LogP contribution in [0.1, 0.15) is 51.1 Å². The van der Waals surface area contributed by atoms with Gasteiger partial charge in [-0.3, -0.25) is 0 Å². The summed E-state index contributed by atoms with van der Waals surface area (Å²) in [5, 5.41) is 0.503. The molecule has 0 saturated carbocycles. The number of fused-ring (bicyclic) bond motifs is 1. The summed E-state index contributed by atoms with van der Waals surface area (Å²) in [6.07, 6.45) is 4.48. The van der Waals surface area contributed by atoms with Crippen molar-refractivity contribution in [2.45, 2.75) is 53.2 Å². The molecule has 0 aliphatic carbocycles. The molecule has 0 N–H and O–H groups in total. The van der Waals surface area contributed by atoms with E-state index in [0.717, 1.165) is 51.3 Å². The van der Waals surface area contributed by atoms with E-state index in [2.05, 4.69) is 40.2 Å². The fourth-order valence-electron chi connectivity index (χ4n) is 4.86. The Bertz CT molecular complexity index is 1450. The molecule has 1 unspecified atom stereocenters. The van der Waals surface area contributed by atoms with Crippen LogP contribution in [-0.2, 0) is 17.8 Å². The highest BCUT2D eigenvalue weighted by Gasteiger charge is 2.36. The Morgan fingerprint density at radius 3 is 2.56 bits per heavy atom. The summed E-state index contributed by atoms with van der Waals surface area (Å²) in [5.74, 6) is 1.90. The van der Waals surface area contributed by atoms with Crippen molar-refractivity contribution in [3.63, 3.8) is 0 Å². The standard InChI is InChI=1S/C31H36BrClN3O3/c1-21(2)13-15-36(20-37,29-11-10-25(18-26(29)33)39-22(3)4)19-27-28(35-14-7-6-8-31(35)34-27)17-23-16-24(32)9-12-30(23)38-5/h6-12,14,16,18,20-22H,13,15,17,19H2,1-5H3/q+1. The lowest BCUT2D eigenvalue weighted by Crippen LogP contribution is -2.49.